The van der Waals surface area contributed by atoms with E-state index in [1.807, 2.05) is 0 Å². The number of para-hydroxylation sites is 1. The fourth-order valence-electron chi connectivity index (χ4n) is 1.58. The van der Waals surface area contributed by atoms with E-state index in [4.69, 9.17) is 0 Å². The van der Waals surface area contributed by atoms with Gasteiger partial charge in [0, 0.05) is 12.4 Å². The number of phenolic OH excluding ortho intramolecular Hbond substituents is 1. The van der Waals surface area contributed by atoms with Gasteiger partial charge in [0.25, 0.3) is 0 Å². The SMILES string of the molecule is CS(=O)(=O)OC(=O)c1cccc(-n2cccc2)c1O. The average Bonchev–Trinajstić information content (AvgIpc) is 2.80. The second-order valence-electron chi connectivity index (χ2n) is 3.84. The van der Waals surface area contributed by atoms with Crippen molar-refractivity contribution in [2.45, 2.75) is 0 Å². The van der Waals surface area contributed by atoms with Crippen LogP contribution in [0, 0.1) is 0 Å². The van der Waals surface area contributed by atoms with E-state index in [1.165, 1.54) is 12.1 Å². The summed E-state index contributed by atoms with van der Waals surface area (Å²) in [7, 11) is -3.92. The second-order valence-corrected chi connectivity index (χ2v) is 5.41. The van der Waals surface area contributed by atoms with Gasteiger partial charge in [-0.05, 0) is 24.3 Å². The Morgan fingerprint density at radius 2 is 1.84 bits per heavy atom. The lowest BCUT2D eigenvalue weighted by atomic mass is 10.1. The molecule has 0 amide bonds. The number of hydrogen-bond donors (Lipinski definition) is 1. The molecule has 2 rings (SSSR count). The van der Waals surface area contributed by atoms with Crippen molar-refractivity contribution in [2.24, 2.45) is 0 Å². The number of aromatic hydroxyl groups is 1. The third-order valence-corrected chi connectivity index (χ3v) is 2.80. The summed E-state index contributed by atoms with van der Waals surface area (Å²) in [5, 5.41) is 10.0. The molecule has 0 spiro atoms. The maximum atomic E-state index is 11.6. The standard InChI is InChI=1S/C12H11NO5S/c1-19(16,17)18-12(15)9-5-4-6-10(11(9)14)13-7-2-3-8-13/h2-8,14H,1H3. The first kappa shape index (κ1) is 13.2. The van der Waals surface area contributed by atoms with Crippen LogP contribution in [0.3, 0.4) is 0 Å². The highest BCUT2D eigenvalue weighted by Gasteiger charge is 2.19. The van der Waals surface area contributed by atoms with Crippen molar-refractivity contribution >= 4 is 16.1 Å². The molecule has 0 saturated heterocycles. The molecule has 1 heterocycles. The summed E-state index contributed by atoms with van der Waals surface area (Å²) in [6, 6.07) is 7.90. The normalized spacial score (nSPS) is 11.2. The zero-order valence-corrected chi connectivity index (χ0v) is 10.8. The van der Waals surface area contributed by atoms with Gasteiger partial charge in [-0.3, -0.25) is 0 Å². The zero-order chi connectivity index (χ0) is 14.0. The monoisotopic (exact) mass is 281 g/mol. The van der Waals surface area contributed by atoms with Crippen LogP contribution in [0.5, 0.6) is 5.75 Å². The van der Waals surface area contributed by atoms with Crippen LogP contribution in [0.25, 0.3) is 5.69 Å². The fraction of sp³-hybridized carbons (Fsp3) is 0.0833. The molecule has 0 aliphatic carbocycles. The average molecular weight is 281 g/mol. The van der Waals surface area contributed by atoms with Crippen LogP contribution >= 0.6 is 0 Å². The maximum Gasteiger partial charge on any atom is 0.357 e. The van der Waals surface area contributed by atoms with Gasteiger partial charge in [-0.1, -0.05) is 6.07 Å². The van der Waals surface area contributed by atoms with Crippen molar-refractivity contribution in [3.05, 3.63) is 48.3 Å². The van der Waals surface area contributed by atoms with Gasteiger partial charge in [-0.15, -0.1) is 0 Å². The minimum Gasteiger partial charge on any atom is -0.505 e. The number of phenols is 1. The third kappa shape index (κ3) is 2.94. The molecular formula is C12H11NO5S. The smallest absolute Gasteiger partial charge is 0.357 e. The van der Waals surface area contributed by atoms with Crippen molar-refractivity contribution in [1.82, 2.24) is 4.57 Å². The highest BCUT2D eigenvalue weighted by molar-refractivity contribution is 7.86. The molecule has 0 atom stereocenters. The molecule has 0 unspecified atom stereocenters. The lowest BCUT2D eigenvalue weighted by Crippen LogP contribution is -2.12. The largest absolute Gasteiger partial charge is 0.505 e. The number of carbonyl (C=O) groups is 1. The molecule has 1 aromatic heterocycles. The summed E-state index contributed by atoms with van der Waals surface area (Å²) in [6.07, 6.45) is 4.12. The Kier molecular flexibility index (Phi) is 3.30. The van der Waals surface area contributed by atoms with E-state index in [0.29, 0.717) is 5.69 Å². The number of rotatable bonds is 3. The van der Waals surface area contributed by atoms with Crippen LogP contribution in [0.15, 0.2) is 42.7 Å². The van der Waals surface area contributed by atoms with Gasteiger partial charge in [0.2, 0.25) is 0 Å². The Morgan fingerprint density at radius 3 is 2.42 bits per heavy atom. The molecule has 19 heavy (non-hydrogen) atoms. The molecule has 0 saturated carbocycles. The van der Waals surface area contributed by atoms with Crippen LogP contribution in [0.4, 0.5) is 0 Å². The first-order valence-electron chi connectivity index (χ1n) is 5.27. The Morgan fingerprint density at radius 1 is 1.21 bits per heavy atom. The van der Waals surface area contributed by atoms with E-state index in [1.54, 1.807) is 35.2 Å². The quantitative estimate of drug-likeness (QED) is 0.857. The van der Waals surface area contributed by atoms with Gasteiger partial charge < -0.3 is 13.9 Å². The molecule has 100 valence electrons. The number of nitrogens with zero attached hydrogens (tertiary/aromatic N) is 1. The van der Waals surface area contributed by atoms with Crippen LogP contribution in [0.2, 0.25) is 0 Å². The van der Waals surface area contributed by atoms with Gasteiger partial charge in [0.1, 0.15) is 5.56 Å². The molecule has 1 aromatic carbocycles. The molecule has 0 aliphatic heterocycles. The first-order chi connectivity index (χ1) is 8.88. The van der Waals surface area contributed by atoms with E-state index in [-0.39, 0.29) is 11.3 Å². The topological polar surface area (TPSA) is 85.6 Å². The van der Waals surface area contributed by atoms with E-state index >= 15 is 0 Å². The van der Waals surface area contributed by atoms with Crippen LogP contribution in [-0.2, 0) is 14.3 Å². The Balaban J connectivity index is 2.44. The predicted octanol–water partition coefficient (Wildman–Crippen LogP) is 1.30. The van der Waals surface area contributed by atoms with Crippen molar-refractivity contribution < 1.29 is 22.5 Å². The molecular weight excluding hydrogens is 270 g/mol. The van der Waals surface area contributed by atoms with Crippen molar-refractivity contribution in [3.63, 3.8) is 0 Å². The van der Waals surface area contributed by atoms with Crippen molar-refractivity contribution in [3.8, 4) is 11.4 Å². The van der Waals surface area contributed by atoms with Crippen molar-refractivity contribution in [1.29, 1.82) is 0 Å². The second kappa shape index (κ2) is 4.77. The summed E-state index contributed by atoms with van der Waals surface area (Å²) in [5.41, 5.74) is 0.143. The third-order valence-electron chi connectivity index (χ3n) is 2.34. The summed E-state index contributed by atoms with van der Waals surface area (Å²) in [4.78, 5) is 11.6. The molecule has 0 aliphatic rings. The molecule has 0 radical (unpaired) electrons. The highest BCUT2D eigenvalue weighted by atomic mass is 32.2. The molecule has 1 N–H and O–H groups in total. The van der Waals surface area contributed by atoms with Crippen LogP contribution in [-0.4, -0.2) is 30.3 Å². The summed E-state index contributed by atoms with van der Waals surface area (Å²) in [6.45, 7) is 0. The van der Waals surface area contributed by atoms with Gasteiger partial charge in [0.05, 0.1) is 11.9 Å². The highest BCUT2D eigenvalue weighted by Crippen LogP contribution is 2.27. The van der Waals surface area contributed by atoms with E-state index < -0.39 is 16.1 Å². The summed E-state index contributed by atoms with van der Waals surface area (Å²) in [5.74, 6) is -1.46. The minimum atomic E-state index is -3.92. The molecule has 7 heteroatoms. The fourth-order valence-corrected chi connectivity index (χ4v) is 1.95. The number of benzene rings is 1. The molecule has 0 fully saturated rings. The van der Waals surface area contributed by atoms with Gasteiger partial charge in [-0.25, -0.2) is 4.79 Å². The lowest BCUT2D eigenvalue weighted by molar-refractivity contribution is 0.0745. The summed E-state index contributed by atoms with van der Waals surface area (Å²) >= 11 is 0. The van der Waals surface area contributed by atoms with Crippen molar-refractivity contribution in [2.75, 3.05) is 6.26 Å². The molecule has 2 aromatic rings. The number of aromatic nitrogens is 1. The van der Waals surface area contributed by atoms with E-state index in [9.17, 15) is 18.3 Å². The van der Waals surface area contributed by atoms with Gasteiger partial charge >= 0.3 is 16.1 Å². The maximum absolute atomic E-state index is 11.6. The first-order valence-corrected chi connectivity index (χ1v) is 7.09. The Labute approximate surface area is 110 Å². The molecule has 0 bridgehead atoms. The predicted molar refractivity (Wildman–Crippen MR) is 67.7 cm³/mol. The van der Waals surface area contributed by atoms with E-state index in [0.717, 1.165) is 6.26 Å². The number of hydrogen-bond acceptors (Lipinski definition) is 5. The minimum absolute atomic E-state index is 0.211. The van der Waals surface area contributed by atoms with Crippen LogP contribution < -0.4 is 0 Å². The lowest BCUT2D eigenvalue weighted by Gasteiger charge is -2.09. The van der Waals surface area contributed by atoms with E-state index in [2.05, 4.69) is 4.18 Å². The van der Waals surface area contributed by atoms with Gasteiger partial charge in [0.15, 0.2) is 5.75 Å². The summed E-state index contributed by atoms with van der Waals surface area (Å²) < 4.78 is 27.7. The Bertz CT molecular complexity index is 704. The Hall–Kier alpha value is -2.28. The van der Waals surface area contributed by atoms with Crippen LogP contribution in [0.1, 0.15) is 10.4 Å². The molecule has 6 nitrogen and oxygen atoms in total. The number of carbonyl (C=O) groups excluding carboxylic acids is 1. The zero-order valence-electron chi connectivity index (χ0n) is 9.98. The van der Waals surface area contributed by atoms with Gasteiger partial charge in [-0.2, -0.15) is 8.42 Å².